The van der Waals surface area contributed by atoms with Crippen molar-refractivity contribution in [1.29, 1.82) is 0 Å². The molecule has 1 aliphatic heterocycles. The number of esters is 1. The Labute approximate surface area is 168 Å². The summed E-state index contributed by atoms with van der Waals surface area (Å²) in [7, 11) is 0. The molecule has 0 aromatic heterocycles. The number of ether oxygens (including phenoxy) is 1. The van der Waals surface area contributed by atoms with Gasteiger partial charge in [-0.15, -0.1) is 0 Å². The van der Waals surface area contributed by atoms with Crippen molar-refractivity contribution in [3.63, 3.8) is 0 Å². The average Bonchev–Trinajstić information content (AvgIpc) is 2.66. The predicted octanol–water partition coefficient (Wildman–Crippen LogP) is 6.45. The third kappa shape index (κ3) is 10.4. The van der Waals surface area contributed by atoms with Crippen LogP contribution in [-0.4, -0.2) is 18.3 Å². The summed E-state index contributed by atoms with van der Waals surface area (Å²) >= 11 is 5.90. The molecule has 5 heteroatoms. The van der Waals surface area contributed by atoms with Crippen LogP contribution >= 0.6 is 11.6 Å². The molecule has 1 aromatic rings. The quantitative estimate of drug-likeness (QED) is 0.437. The van der Waals surface area contributed by atoms with E-state index < -0.39 is 0 Å². The second kappa shape index (κ2) is 13.6. The van der Waals surface area contributed by atoms with E-state index in [1.165, 1.54) is 32.1 Å². The number of cyclic esters (lactones) is 1. The number of benzene rings is 1. The zero-order valence-corrected chi connectivity index (χ0v) is 17.0. The van der Waals surface area contributed by atoms with E-state index in [9.17, 15) is 4.79 Å². The molecule has 0 N–H and O–H groups in total. The van der Waals surface area contributed by atoms with Crippen molar-refractivity contribution in [2.24, 2.45) is 5.16 Å². The number of nitrogens with zero attached hydrogens (tertiary/aromatic N) is 1. The Hall–Kier alpha value is -1.55. The summed E-state index contributed by atoms with van der Waals surface area (Å²) < 4.78 is 5.33. The Balaban J connectivity index is 1.81. The van der Waals surface area contributed by atoms with Crippen LogP contribution < -0.4 is 0 Å². The van der Waals surface area contributed by atoms with Crippen molar-refractivity contribution in [2.45, 2.75) is 83.7 Å². The van der Waals surface area contributed by atoms with E-state index >= 15 is 0 Å². The van der Waals surface area contributed by atoms with Gasteiger partial charge in [-0.1, -0.05) is 67.4 Å². The summed E-state index contributed by atoms with van der Waals surface area (Å²) in [5, 5.41) is 5.09. The Bertz CT molecular complexity index is 571. The molecule has 0 atom stereocenters. The molecule has 4 nitrogen and oxygen atoms in total. The summed E-state index contributed by atoms with van der Waals surface area (Å²) in [5.41, 5.74) is 2.11. The lowest BCUT2D eigenvalue weighted by Crippen LogP contribution is -2.08. The lowest BCUT2D eigenvalue weighted by molar-refractivity contribution is -0.143. The molecular formula is C22H32ClNO3. The van der Waals surface area contributed by atoms with Crippen molar-refractivity contribution in [3.05, 3.63) is 34.9 Å². The maximum atomic E-state index is 11.7. The average molecular weight is 394 g/mol. The van der Waals surface area contributed by atoms with Crippen molar-refractivity contribution in [2.75, 3.05) is 6.61 Å². The molecule has 27 heavy (non-hydrogen) atoms. The minimum absolute atomic E-state index is 0.0698. The summed E-state index contributed by atoms with van der Waals surface area (Å²) in [5.74, 6) is -0.0698. The number of hydrogen-bond donors (Lipinski definition) is 0. The van der Waals surface area contributed by atoms with Crippen LogP contribution in [0.25, 0.3) is 0 Å². The highest BCUT2D eigenvalue weighted by molar-refractivity contribution is 6.30. The summed E-state index contributed by atoms with van der Waals surface area (Å²) in [6, 6.07) is 7.60. The Morgan fingerprint density at radius 2 is 1.44 bits per heavy atom. The summed E-state index contributed by atoms with van der Waals surface area (Å²) in [6.45, 7) is 0.907. The van der Waals surface area contributed by atoms with Gasteiger partial charge in [-0.2, -0.15) is 0 Å². The largest absolute Gasteiger partial charge is 0.466 e. The van der Waals surface area contributed by atoms with Gasteiger partial charge in [-0.3, -0.25) is 4.79 Å². The molecule has 0 aliphatic carbocycles. The number of halogens is 1. The van der Waals surface area contributed by atoms with Crippen molar-refractivity contribution in [1.82, 2.24) is 0 Å². The van der Waals surface area contributed by atoms with Crippen LogP contribution in [0.1, 0.15) is 82.6 Å². The monoisotopic (exact) mass is 393 g/mol. The highest BCUT2D eigenvalue weighted by Crippen LogP contribution is 2.14. The fourth-order valence-electron chi connectivity index (χ4n) is 3.19. The molecule has 150 valence electrons. The van der Waals surface area contributed by atoms with Crippen LogP contribution in [0.15, 0.2) is 29.4 Å². The van der Waals surface area contributed by atoms with Gasteiger partial charge in [-0.05, 0) is 49.8 Å². The lowest BCUT2D eigenvalue weighted by atomic mass is 10.0. The normalized spacial score (nSPS) is 20.2. The van der Waals surface area contributed by atoms with E-state index in [1.807, 2.05) is 24.3 Å². The van der Waals surface area contributed by atoms with E-state index in [-0.39, 0.29) is 5.97 Å². The highest BCUT2D eigenvalue weighted by atomic mass is 35.5. The maximum Gasteiger partial charge on any atom is 0.305 e. The highest BCUT2D eigenvalue weighted by Gasteiger charge is 2.06. The molecule has 0 unspecified atom stereocenters. The van der Waals surface area contributed by atoms with Crippen LogP contribution in [0.3, 0.4) is 0 Å². The third-order valence-corrected chi connectivity index (χ3v) is 5.06. The van der Waals surface area contributed by atoms with Gasteiger partial charge in [0.15, 0.2) is 0 Å². The summed E-state index contributed by atoms with van der Waals surface area (Å²) in [4.78, 5) is 17.3. The van der Waals surface area contributed by atoms with Gasteiger partial charge in [0.25, 0.3) is 0 Å². The van der Waals surface area contributed by atoms with Gasteiger partial charge in [0.1, 0.15) is 6.61 Å². The van der Waals surface area contributed by atoms with Gasteiger partial charge in [0, 0.05) is 11.4 Å². The fourth-order valence-corrected chi connectivity index (χ4v) is 3.31. The third-order valence-electron chi connectivity index (χ3n) is 4.81. The Morgan fingerprint density at radius 1 is 0.852 bits per heavy atom. The van der Waals surface area contributed by atoms with Gasteiger partial charge in [0.2, 0.25) is 0 Å². The number of carbonyl (C=O) groups is 1. The first kappa shape index (κ1) is 21.7. The van der Waals surface area contributed by atoms with Crippen LogP contribution in [0.4, 0.5) is 0 Å². The number of hydrogen-bond acceptors (Lipinski definition) is 4. The molecule has 1 saturated heterocycles. The molecular weight excluding hydrogens is 362 g/mol. The van der Waals surface area contributed by atoms with Crippen LogP contribution in [0.5, 0.6) is 0 Å². The van der Waals surface area contributed by atoms with E-state index in [1.54, 1.807) is 0 Å². The molecule has 2 rings (SSSR count). The topological polar surface area (TPSA) is 47.9 Å². The fraction of sp³-hybridized carbons (Fsp3) is 0.636. The number of oxime groups is 1. The minimum Gasteiger partial charge on any atom is -0.466 e. The molecule has 0 saturated carbocycles. The standard InChI is InChI=1S/C22H32ClNO3/c23-20-15-13-19(14-16-20)18-27-24-21-10-7-5-3-1-2-4-6-8-12-22(25)26-17-9-11-21/h13-16H,1-12,17-18H2/b24-21+. The molecule has 1 aromatic carbocycles. The Kier molecular flexibility index (Phi) is 10.9. The zero-order chi connectivity index (χ0) is 19.2. The maximum absolute atomic E-state index is 11.7. The van der Waals surface area contributed by atoms with Crippen molar-refractivity contribution >= 4 is 23.3 Å². The van der Waals surface area contributed by atoms with E-state index in [0.717, 1.165) is 54.8 Å². The summed E-state index contributed by atoms with van der Waals surface area (Å²) in [6.07, 6.45) is 12.6. The molecule has 0 amide bonds. The molecule has 1 fully saturated rings. The smallest absolute Gasteiger partial charge is 0.305 e. The minimum atomic E-state index is -0.0698. The van der Waals surface area contributed by atoms with Gasteiger partial charge < -0.3 is 9.57 Å². The lowest BCUT2D eigenvalue weighted by Gasteiger charge is -2.09. The van der Waals surface area contributed by atoms with E-state index in [0.29, 0.717) is 19.6 Å². The van der Waals surface area contributed by atoms with Gasteiger partial charge in [-0.25, -0.2) is 0 Å². The zero-order valence-electron chi connectivity index (χ0n) is 16.3. The van der Waals surface area contributed by atoms with Crippen molar-refractivity contribution in [3.8, 4) is 0 Å². The Morgan fingerprint density at radius 3 is 2.15 bits per heavy atom. The second-order valence-electron chi connectivity index (χ2n) is 7.21. The first-order valence-corrected chi connectivity index (χ1v) is 10.7. The van der Waals surface area contributed by atoms with Crippen LogP contribution in [-0.2, 0) is 21.0 Å². The predicted molar refractivity (Wildman–Crippen MR) is 110 cm³/mol. The molecule has 1 aliphatic rings. The molecule has 1 heterocycles. The van der Waals surface area contributed by atoms with Gasteiger partial charge in [0.05, 0.1) is 12.3 Å². The SMILES string of the molecule is O=C1CCCCCCCCCC/C(=N\OCc2ccc(Cl)cc2)CCCO1. The first-order chi connectivity index (χ1) is 13.2. The van der Waals surface area contributed by atoms with Crippen LogP contribution in [0, 0.1) is 0 Å². The molecule has 0 bridgehead atoms. The molecule has 0 radical (unpaired) electrons. The number of carbonyl (C=O) groups excluding carboxylic acids is 1. The van der Waals surface area contributed by atoms with Crippen molar-refractivity contribution < 1.29 is 14.4 Å². The molecule has 0 spiro atoms. The van der Waals surface area contributed by atoms with E-state index in [2.05, 4.69) is 5.16 Å². The van der Waals surface area contributed by atoms with E-state index in [4.69, 9.17) is 21.2 Å². The first-order valence-electron chi connectivity index (χ1n) is 10.3. The van der Waals surface area contributed by atoms with Gasteiger partial charge >= 0.3 is 5.97 Å². The second-order valence-corrected chi connectivity index (χ2v) is 7.65. The van der Waals surface area contributed by atoms with Crippen LogP contribution in [0.2, 0.25) is 5.02 Å². The number of rotatable bonds is 3.